The molecule has 6 atom stereocenters. The standard InChI is InChI=1S/C30H32F3N5O12/c1-13-22(23(35-29(44)34-13)18-6-8-19(9-7-18)30(31,32)33)28(43)46-11-20-10-38(37-36-20)27-26(49-17(5)42)25(48-16(4)41)24(47-15(3)40)21(50-27)12-45-14(2)39/h6-10,21,23-27H,11-12H2,1-5H3,(H2,34,35,44)/t21-,23?,24-,25+,26-,27-/m1/s1. The van der Waals surface area contributed by atoms with Crippen molar-refractivity contribution in [2.45, 2.75) is 84.1 Å². The van der Waals surface area contributed by atoms with Gasteiger partial charge in [0.05, 0.1) is 23.4 Å². The first kappa shape index (κ1) is 37.3. The lowest BCUT2D eigenvalue weighted by atomic mass is 9.95. The number of rotatable bonds is 10. The third-order valence-corrected chi connectivity index (χ3v) is 7.20. The first-order chi connectivity index (χ1) is 23.4. The Morgan fingerprint density at radius 2 is 1.48 bits per heavy atom. The van der Waals surface area contributed by atoms with Gasteiger partial charge in [0, 0.05) is 33.4 Å². The average molecular weight is 712 g/mol. The van der Waals surface area contributed by atoms with Crippen molar-refractivity contribution >= 4 is 35.9 Å². The van der Waals surface area contributed by atoms with Crippen LogP contribution >= 0.6 is 0 Å². The van der Waals surface area contributed by atoms with Crippen LogP contribution in [0.15, 0.2) is 41.7 Å². The number of nitrogens with one attached hydrogen (secondary N) is 2. The molecule has 0 radical (unpaired) electrons. The third-order valence-electron chi connectivity index (χ3n) is 7.20. The minimum Gasteiger partial charge on any atom is -0.463 e. The Hall–Kier alpha value is -5.53. The summed E-state index contributed by atoms with van der Waals surface area (Å²) in [6.45, 7) is 4.74. The summed E-state index contributed by atoms with van der Waals surface area (Å²) in [5.74, 6) is -4.15. The largest absolute Gasteiger partial charge is 0.463 e. The van der Waals surface area contributed by atoms with Crippen molar-refractivity contribution in [1.29, 1.82) is 0 Å². The molecule has 270 valence electrons. The van der Waals surface area contributed by atoms with Gasteiger partial charge in [-0.15, -0.1) is 5.10 Å². The maximum Gasteiger partial charge on any atom is 0.416 e. The van der Waals surface area contributed by atoms with Gasteiger partial charge < -0.3 is 39.1 Å². The Morgan fingerprint density at radius 3 is 2.06 bits per heavy atom. The van der Waals surface area contributed by atoms with Crippen LogP contribution in [0.4, 0.5) is 18.0 Å². The molecule has 1 aromatic carbocycles. The van der Waals surface area contributed by atoms with Crippen LogP contribution in [0, 0.1) is 0 Å². The number of esters is 5. The van der Waals surface area contributed by atoms with E-state index in [0.717, 1.165) is 56.6 Å². The second-order valence-corrected chi connectivity index (χ2v) is 11.0. The number of carbonyl (C=O) groups is 6. The van der Waals surface area contributed by atoms with Gasteiger partial charge in [0.1, 0.15) is 25.0 Å². The lowest BCUT2D eigenvalue weighted by Gasteiger charge is -2.44. The maximum absolute atomic E-state index is 13.3. The third kappa shape index (κ3) is 9.12. The van der Waals surface area contributed by atoms with E-state index in [1.54, 1.807) is 0 Å². The summed E-state index contributed by atoms with van der Waals surface area (Å²) in [6.07, 6.45) is -10.4. The highest BCUT2D eigenvalue weighted by molar-refractivity contribution is 5.95. The Morgan fingerprint density at radius 1 is 0.880 bits per heavy atom. The summed E-state index contributed by atoms with van der Waals surface area (Å²) in [6, 6.07) is 2.02. The summed E-state index contributed by atoms with van der Waals surface area (Å²) in [5, 5.41) is 12.8. The number of halogens is 3. The molecule has 50 heavy (non-hydrogen) atoms. The summed E-state index contributed by atoms with van der Waals surface area (Å²) in [4.78, 5) is 73.3. The molecule has 0 bridgehead atoms. The fraction of sp³-hybridized carbons (Fsp3) is 0.467. The second kappa shape index (κ2) is 15.3. The van der Waals surface area contributed by atoms with Crippen molar-refractivity contribution in [3.8, 4) is 0 Å². The fourth-order valence-corrected chi connectivity index (χ4v) is 5.22. The van der Waals surface area contributed by atoms with Crippen LogP contribution in [-0.2, 0) is 65.2 Å². The number of hydrogen-bond acceptors (Lipinski definition) is 14. The molecule has 0 aliphatic carbocycles. The molecule has 1 unspecified atom stereocenters. The molecule has 1 aromatic heterocycles. The fourth-order valence-electron chi connectivity index (χ4n) is 5.22. The Bertz CT molecular complexity index is 1680. The summed E-state index contributed by atoms with van der Waals surface area (Å²) >= 11 is 0. The minimum absolute atomic E-state index is 0.0170. The van der Waals surface area contributed by atoms with Gasteiger partial charge >= 0.3 is 42.1 Å². The zero-order valence-corrected chi connectivity index (χ0v) is 27.1. The van der Waals surface area contributed by atoms with E-state index < -0.39 is 97.5 Å². The number of carbonyl (C=O) groups excluding carboxylic acids is 6. The SMILES string of the molecule is CC(=O)OC[C@H]1O[C@@H](n2cc(COC(=O)C3=C(C)NC(=O)NC3c3ccc(C(F)(F)F)cc3)nn2)[C@H](OC(C)=O)[C@@H](OC(C)=O)[C@@H]1OC(C)=O. The van der Waals surface area contributed by atoms with Crippen LogP contribution in [0.3, 0.4) is 0 Å². The van der Waals surface area contributed by atoms with E-state index >= 15 is 0 Å². The quantitative estimate of drug-likeness (QED) is 0.266. The van der Waals surface area contributed by atoms with Gasteiger partial charge in [0.25, 0.3) is 0 Å². The zero-order chi connectivity index (χ0) is 36.9. The van der Waals surface area contributed by atoms with E-state index in [4.69, 9.17) is 28.4 Å². The summed E-state index contributed by atoms with van der Waals surface area (Å²) in [5.41, 5.74) is -0.746. The van der Waals surface area contributed by atoms with E-state index in [9.17, 15) is 41.9 Å². The van der Waals surface area contributed by atoms with Crippen LogP contribution in [0.1, 0.15) is 63.7 Å². The van der Waals surface area contributed by atoms with Crippen molar-refractivity contribution in [2.24, 2.45) is 0 Å². The second-order valence-electron chi connectivity index (χ2n) is 11.0. The normalized spacial score (nSPS) is 23.6. The molecule has 1 fully saturated rings. The molecule has 3 heterocycles. The highest BCUT2D eigenvalue weighted by Crippen LogP contribution is 2.35. The van der Waals surface area contributed by atoms with E-state index in [2.05, 4.69) is 20.9 Å². The highest BCUT2D eigenvalue weighted by Gasteiger charge is 2.53. The first-order valence-corrected chi connectivity index (χ1v) is 14.8. The number of alkyl halides is 3. The molecule has 2 aromatic rings. The molecule has 2 aliphatic rings. The number of urea groups is 1. The summed E-state index contributed by atoms with van der Waals surface area (Å²) in [7, 11) is 0. The summed E-state index contributed by atoms with van der Waals surface area (Å²) < 4.78 is 73.0. The molecule has 17 nitrogen and oxygen atoms in total. The number of allylic oxidation sites excluding steroid dienone is 1. The average Bonchev–Trinajstić information content (AvgIpc) is 3.48. The van der Waals surface area contributed by atoms with Crippen molar-refractivity contribution < 1.29 is 70.4 Å². The van der Waals surface area contributed by atoms with Crippen LogP contribution in [-0.4, -0.2) is 81.9 Å². The van der Waals surface area contributed by atoms with E-state index in [1.165, 1.54) is 13.1 Å². The van der Waals surface area contributed by atoms with Crippen LogP contribution in [0.25, 0.3) is 0 Å². The van der Waals surface area contributed by atoms with E-state index in [-0.39, 0.29) is 22.5 Å². The molecule has 0 spiro atoms. The van der Waals surface area contributed by atoms with Crippen molar-refractivity contribution in [2.75, 3.05) is 6.61 Å². The van der Waals surface area contributed by atoms with Crippen molar-refractivity contribution in [3.05, 3.63) is 58.6 Å². The maximum atomic E-state index is 13.3. The number of ether oxygens (including phenoxy) is 6. The molecule has 1 saturated heterocycles. The van der Waals surface area contributed by atoms with Gasteiger partial charge in [-0.05, 0) is 24.6 Å². The van der Waals surface area contributed by atoms with Crippen LogP contribution in [0.2, 0.25) is 0 Å². The number of amides is 2. The molecule has 2 amide bonds. The molecule has 4 rings (SSSR count). The number of benzene rings is 1. The van der Waals surface area contributed by atoms with Crippen LogP contribution in [0.5, 0.6) is 0 Å². The molecule has 0 saturated carbocycles. The van der Waals surface area contributed by atoms with Gasteiger partial charge in [0.2, 0.25) is 0 Å². The lowest BCUT2D eigenvalue weighted by molar-refractivity contribution is -0.270. The number of hydrogen-bond donors (Lipinski definition) is 2. The smallest absolute Gasteiger partial charge is 0.416 e. The Labute approximate surface area is 281 Å². The molecule has 20 heteroatoms. The number of aromatic nitrogens is 3. The van der Waals surface area contributed by atoms with Gasteiger partial charge in [-0.25, -0.2) is 14.3 Å². The molecule has 2 N–H and O–H groups in total. The van der Waals surface area contributed by atoms with Crippen molar-refractivity contribution in [1.82, 2.24) is 25.6 Å². The Kier molecular flexibility index (Phi) is 11.4. The molecular weight excluding hydrogens is 679 g/mol. The first-order valence-electron chi connectivity index (χ1n) is 14.8. The van der Waals surface area contributed by atoms with E-state index in [0.29, 0.717) is 0 Å². The molecular formula is C30H32F3N5O12. The highest BCUT2D eigenvalue weighted by atomic mass is 19.4. The van der Waals surface area contributed by atoms with Gasteiger partial charge in [-0.3, -0.25) is 19.2 Å². The van der Waals surface area contributed by atoms with Gasteiger partial charge in [0.15, 0.2) is 24.5 Å². The predicted molar refractivity (Wildman–Crippen MR) is 156 cm³/mol. The van der Waals surface area contributed by atoms with Crippen LogP contribution < -0.4 is 10.6 Å². The van der Waals surface area contributed by atoms with E-state index in [1.807, 2.05) is 0 Å². The van der Waals surface area contributed by atoms with Crippen molar-refractivity contribution in [3.63, 3.8) is 0 Å². The molecule has 2 aliphatic heterocycles. The predicted octanol–water partition coefficient (Wildman–Crippen LogP) is 1.92. The van der Waals surface area contributed by atoms with Gasteiger partial charge in [-0.2, -0.15) is 13.2 Å². The monoisotopic (exact) mass is 711 g/mol. The zero-order valence-electron chi connectivity index (χ0n) is 27.1. The minimum atomic E-state index is -4.60. The number of nitrogens with zero attached hydrogens (tertiary/aromatic N) is 3. The topological polar surface area (TPSA) is 213 Å². The Balaban J connectivity index is 1.59. The lowest BCUT2D eigenvalue weighted by Crippen LogP contribution is -2.60. The van der Waals surface area contributed by atoms with Gasteiger partial charge in [-0.1, -0.05) is 17.3 Å².